The van der Waals surface area contributed by atoms with Gasteiger partial charge in [-0.1, -0.05) is 18.2 Å². The summed E-state index contributed by atoms with van der Waals surface area (Å²) >= 11 is 0. The molecule has 0 saturated carbocycles. The third-order valence-corrected chi connectivity index (χ3v) is 3.57. The van der Waals surface area contributed by atoms with Gasteiger partial charge in [-0.3, -0.25) is 0 Å². The van der Waals surface area contributed by atoms with Crippen LogP contribution in [0.3, 0.4) is 0 Å². The summed E-state index contributed by atoms with van der Waals surface area (Å²) in [5, 5.41) is 19.1. The topological polar surface area (TPSA) is 85.2 Å². The molecule has 1 saturated heterocycles. The highest BCUT2D eigenvalue weighted by molar-refractivity contribution is 5.89. The van der Waals surface area contributed by atoms with Crippen molar-refractivity contribution in [1.82, 2.24) is 0 Å². The standard InChI is InChI=1S/C15H20O6/c1-19-15-13(17)11(12(21-15)7-8-16)9-20-14(18)10-5-3-2-4-6-10/h2-6,11-13,15-17H,7-9H2,1H3/t11-,12-,13-,15?/m1/s1. The molecule has 6 nitrogen and oxygen atoms in total. The van der Waals surface area contributed by atoms with Gasteiger partial charge in [0.2, 0.25) is 0 Å². The molecule has 1 aromatic rings. The Kier molecular flexibility index (Phi) is 5.69. The minimum Gasteiger partial charge on any atom is -0.462 e. The highest BCUT2D eigenvalue weighted by Gasteiger charge is 2.44. The maximum Gasteiger partial charge on any atom is 0.338 e. The molecular formula is C15H20O6. The Hall–Kier alpha value is -1.47. The molecule has 116 valence electrons. The second-order valence-electron chi connectivity index (χ2n) is 4.91. The number of rotatable bonds is 6. The highest BCUT2D eigenvalue weighted by Crippen LogP contribution is 2.30. The van der Waals surface area contributed by atoms with Gasteiger partial charge in [0.05, 0.1) is 24.2 Å². The lowest BCUT2D eigenvalue weighted by atomic mass is 9.97. The minimum absolute atomic E-state index is 0.0133. The fourth-order valence-corrected chi connectivity index (χ4v) is 2.42. The van der Waals surface area contributed by atoms with E-state index in [-0.39, 0.29) is 13.2 Å². The molecule has 0 aliphatic carbocycles. The number of ether oxygens (including phenoxy) is 3. The molecule has 0 radical (unpaired) electrons. The molecule has 1 unspecified atom stereocenters. The van der Waals surface area contributed by atoms with Gasteiger partial charge in [0.1, 0.15) is 6.10 Å². The Morgan fingerprint density at radius 1 is 1.33 bits per heavy atom. The van der Waals surface area contributed by atoms with Gasteiger partial charge in [-0.15, -0.1) is 0 Å². The van der Waals surface area contributed by atoms with E-state index in [1.54, 1.807) is 24.3 Å². The smallest absolute Gasteiger partial charge is 0.338 e. The van der Waals surface area contributed by atoms with Crippen LogP contribution in [0, 0.1) is 5.92 Å². The first-order valence-corrected chi connectivity index (χ1v) is 6.86. The van der Waals surface area contributed by atoms with Crippen molar-refractivity contribution in [2.24, 2.45) is 5.92 Å². The van der Waals surface area contributed by atoms with E-state index < -0.39 is 30.4 Å². The van der Waals surface area contributed by atoms with Crippen LogP contribution in [0.4, 0.5) is 0 Å². The Bertz CT molecular complexity index is 449. The van der Waals surface area contributed by atoms with Crippen molar-refractivity contribution in [2.75, 3.05) is 20.3 Å². The highest BCUT2D eigenvalue weighted by atomic mass is 16.7. The number of carbonyl (C=O) groups is 1. The van der Waals surface area contributed by atoms with E-state index in [2.05, 4.69) is 0 Å². The zero-order valence-corrected chi connectivity index (χ0v) is 11.8. The molecule has 0 aromatic heterocycles. The molecule has 1 heterocycles. The van der Waals surface area contributed by atoms with Crippen LogP contribution in [0.15, 0.2) is 30.3 Å². The third-order valence-electron chi connectivity index (χ3n) is 3.57. The van der Waals surface area contributed by atoms with E-state index in [1.165, 1.54) is 7.11 Å². The molecule has 2 rings (SSSR count). The van der Waals surface area contributed by atoms with Crippen molar-refractivity contribution in [3.63, 3.8) is 0 Å². The summed E-state index contributed by atoms with van der Waals surface area (Å²) in [6, 6.07) is 8.63. The summed E-state index contributed by atoms with van der Waals surface area (Å²) in [6.07, 6.45) is -1.71. The van der Waals surface area contributed by atoms with Crippen LogP contribution in [0.5, 0.6) is 0 Å². The maximum absolute atomic E-state index is 11.9. The van der Waals surface area contributed by atoms with E-state index in [4.69, 9.17) is 19.3 Å². The predicted molar refractivity (Wildman–Crippen MR) is 73.6 cm³/mol. The van der Waals surface area contributed by atoms with Gasteiger partial charge in [0.15, 0.2) is 6.29 Å². The van der Waals surface area contributed by atoms with Crippen LogP contribution in [0.2, 0.25) is 0 Å². The summed E-state index contributed by atoms with van der Waals surface area (Å²) in [5.41, 5.74) is 0.452. The fraction of sp³-hybridized carbons (Fsp3) is 0.533. The Balaban J connectivity index is 1.95. The number of esters is 1. The molecule has 1 aromatic carbocycles. The first-order valence-electron chi connectivity index (χ1n) is 6.86. The second kappa shape index (κ2) is 7.51. The fourth-order valence-electron chi connectivity index (χ4n) is 2.42. The molecule has 21 heavy (non-hydrogen) atoms. The van der Waals surface area contributed by atoms with Gasteiger partial charge in [0.25, 0.3) is 0 Å². The van der Waals surface area contributed by atoms with Gasteiger partial charge < -0.3 is 24.4 Å². The Morgan fingerprint density at radius 2 is 2.05 bits per heavy atom. The Morgan fingerprint density at radius 3 is 2.67 bits per heavy atom. The van der Waals surface area contributed by atoms with Crippen molar-refractivity contribution >= 4 is 5.97 Å². The van der Waals surface area contributed by atoms with Crippen LogP contribution in [0.1, 0.15) is 16.8 Å². The number of benzene rings is 1. The average molecular weight is 296 g/mol. The largest absolute Gasteiger partial charge is 0.462 e. The molecule has 4 atom stereocenters. The molecule has 0 bridgehead atoms. The lowest BCUT2D eigenvalue weighted by molar-refractivity contribution is -0.150. The zero-order chi connectivity index (χ0) is 15.2. The molecule has 0 spiro atoms. The van der Waals surface area contributed by atoms with Crippen molar-refractivity contribution in [2.45, 2.75) is 24.9 Å². The lowest BCUT2D eigenvalue weighted by Gasteiger charge is -2.19. The van der Waals surface area contributed by atoms with Crippen molar-refractivity contribution in [1.29, 1.82) is 0 Å². The molecule has 1 aliphatic heterocycles. The number of hydrogen-bond donors (Lipinski definition) is 2. The number of aliphatic hydroxyl groups is 2. The van der Waals surface area contributed by atoms with Crippen LogP contribution in [-0.4, -0.2) is 55.0 Å². The second-order valence-corrected chi connectivity index (χ2v) is 4.91. The van der Waals surface area contributed by atoms with E-state index >= 15 is 0 Å². The summed E-state index contributed by atoms with van der Waals surface area (Å²) < 4.78 is 15.8. The van der Waals surface area contributed by atoms with Gasteiger partial charge in [0, 0.05) is 13.7 Å². The van der Waals surface area contributed by atoms with Gasteiger partial charge >= 0.3 is 5.97 Å². The van der Waals surface area contributed by atoms with Gasteiger partial charge in [-0.05, 0) is 18.6 Å². The van der Waals surface area contributed by atoms with Crippen LogP contribution in [-0.2, 0) is 14.2 Å². The van der Waals surface area contributed by atoms with Crippen molar-refractivity contribution < 1.29 is 29.2 Å². The van der Waals surface area contributed by atoms with Crippen LogP contribution < -0.4 is 0 Å². The van der Waals surface area contributed by atoms with E-state index in [1.807, 2.05) is 6.07 Å². The third kappa shape index (κ3) is 3.79. The molecule has 1 fully saturated rings. The van der Waals surface area contributed by atoms with Crippen LogP contribution in [0.25, 0.3) is 0 Å². The average Bonchev–Trinajstić information content (AvgIpc) is 2.82. The SMILES string of the molecule is COC1O[C@H](CCO)[C@@H](COC(=O)c2ccccc2)[C@H]1O. The molecule has 0 amide bonds. The predicted octanol–water partition coefficient (Wildman–Crippen LogP) is 0.574. The number of methoxy groups -OCH3 is 1. The monoisotopic (exact) mass is 296 g/mol. The summed E-state index contributed by atoms with van der Waals surface area (Å²) in [4.78, 5) is 11.9. The van der Waals surface area contributed by atoms with Gasteiger partial charge in [-0.25, -0.2) is 4.79 Å². The molecule has 1 aliphatic rings. The molecule has 2 N–H and O–H groups in total. The first kappa shape index (κ1) is 15.9. The van der Waals surface area contributed by atoms with Gasteiger partial charge in [-0.2, -0.15) is 0 Å². The summed E-state index contributed by atoms with van der Waals surface area (Å²) in [6.45, 7) is -0.0592. The minimum atomic E-state index is -0.893. The Labute approximate surface area is 123 Å². The normalized spacial score (nSPS) is 28.5. The molecule has 6 heteroatoms. The maximum atomic E-state index is 11.9. The lowest BCUT2D eigenvalue weighted by Crippen LogP contribution is -2.33. The van der Waals surface area contributed by atoms with Crippen molar-refractivity contribution in [3.05, 3.63) is 35.9 Å². The first-order chi connectivity index (χ1) is 10.2. The number of aliphatic hydroxyl groups excluding tert-OH is 2. The quantitative estimate of drug-likeness (QED) is 0.747. The number of carbonyl (C=O) groups excluding carboxylic acids is 1. The number of hydrogen-bond acceptors (Lipinski definition) is 6. The summed E-state index contributed by atoms with van der Waals surface area (Å²) in [7, 11) is 1.43. The van der Waals surface area contributed by atoms with Crippen LogP contribution >= 0.6 is 0 Å². The van der Waals surface area contributed by atoms with Crippen molar-refractivity contribution in [3.8, 4) is 0 Å². The molecular weight excluding hydrogens is 276 g/mol. The van der Waals surface area contributed by atoms with E-state index in [0.29, 0.717) is 12.0 Å². The summed E-state index contributed by atoms with van der Waals surface area (Å²) in [5.74, 6) is -0.874. The van der Waals surface area contributed by atoms with E-state index in [0.717, 1.165) is 0 Å². The zero-order valence-electron chi connectivity index (χ0n) is 11.8. The van der Waals surface area contributed by atoms with E-state index in [9.17, 15) is 9.90 Å².